The van der Waals surface area contributed by atoms with Gasteiger partial charge in [0.15, 0.2) is 5.82 Å². The first-order valence-electron chi connectivity index (χ1n) is 9.72. The number of nitrogens with zero attached hydrogens (tertiary/aromatic N) is 4. The van der Waals surface area contributed by atoms with Gasteiger partial charge in [-0.2, -0.15) is 5.10 Å². The molecule has 0 unspecified atom stereocenters. The molecule has 0 atom stereocenters. The Morgan fingerprint density at radius 2 is 1.93 bits per heavy atom. The van der Waals surface area contributed by atoms with Crippen molar-refractivity contribution in [2.45, 2.75) is 39.2 Å². The molecule has 0 spiro atoms. The van der Waals surface area contributed by atoms with Crippen molar-refractivity contribution in [3.05, 3.63) is 53.1 Å². The standard InChI is InChI=1S/C21H22F3N5/c1-13-19-17(10-15(12-25-19)29-8-3-2-4-9-29)21(28-27-13)26-11-14-6-5-7-16(18(14)22)20(23)24/h5-7,10,12,20H,2-4,8-9,11H2,1H3,(H,26,28). The molecular weight excluding hydrogens is 379 g/mol. The van der Waals surface area contributed by atoms with Crippen molar-refractivity contribution < 1.29 is 13.2 Å². The molecule has 8 heteroatoms. The number of alkyl halides is 2. The Labute approximate surface area is 167 Å². The Kier molecular flexibility index (Phi) is 5.51. The largest absolute Gasteiger partial charge is 0.370 e. The number of aryl methyl sites for hydroxylation is 1. The fourth-order valence-electron chi connectivity index (χ4n) is 3.69. The SMILES string of the molecule is Cc1nnc(NCc2cccc(C(F)F)c2F)c2cc(N3CCCCC3)cnc12. The summed E-state index contributed by atoms with van der Waals surface area (Å²) in [6, 6.07) is 6.02. The van der Waals surface area contributed by atoms with Crippen LogP contribution in [0.4, 0.5) is 24.7 Å². The molecule has 1 aliphatic rings. The topological polar surface area (TPSA) is 53.9 Å². The van der Waals surface area contributed by atoms with Crippen LogP contribution in [0.3, 0.4) is 0 Å². The molecule has 1 aliphatic heterocycles. The third-order valence-corrected chi connectivity index (χ3v) is 5.28. The van der Waals surface area contributed by atoms with Crippen molar-refractivity contribution >= 4 is 22.4 Å². The molecule has 1 saturated heterocycles. The lowest BCUT2D eigenvalue weighted by Gasteiger charge is -2.28. The summed E-state index contributed by atoms with van der Waals surface area (Å²) in [6.45, 7) is 3.82. The number of nitrogens with one attached hydrogen (secondary N) is 1. The van der Waals surface area contributed by atoms with E-state index in [0.717, 1.165) is 43.1 Å². The van der Waals surface area contributed by atoms with Crippen molar-refractivity contribution in [2.75, 3.05) is 23.3 Å². The van der Waals surface area contributed by atoms with Crippen LogP contribution in [0.25, 0.3) is 10.9 Å². The van der Waals surface area contributed by atoms with E-state index in [-0.39, 0.29) is 12.1 Å². The first-order valence-corrected chi connectivity index (χ1v) is 9.72. The van der Waals surface area contributed by atoms with Gasteiger partial charge in [-0.25, -0.2) is 13.2 Å². The first-order chi connectivity index (χ1) is 14.0. The molecule has 2 aromatic heterocycles. The second kappa shape index (κ2) is 8.23. The normalized spacial score (nSPS) is 14.6. The number of hydrogen-bond acceptors (Lipinski definition) is 5. The maximum absolute atomic E-state index is 14.3. The smallest absolute Gasteiger partial charge is 0.266 e. The number of halogens is 3. The molecule has 3 aromatic rings. The van der Waals surface area contributed by atoms with Crippen LogP contribution in [0.15, 0.2) is 30.5 Å². The molecule has 0 saturated carbocycles. The Morgan fingerprint density at radius 1 is 1.14 bits per heavy atom. The molecule has 0 bridgehead atoms. The van der Waals surface area contributed by atoms with Crippen molar-refractivity contribution in [3.8, 4) is 0 Å². The number of aromatic nitrogens is 3. The summed E-state index contributed by atoms with van der Waals surface area (Å²) in [4.78, 5) is 6.86. The Bertz CT molecular complexity index is 1020. The minimum atomic E-state index is -2.86. The molecule has 29 heavy (non-hydrogen) atoms. The number of anilines is 2. The molecule has 1 fully saturated rings. The highest BCUT2D eigenvalue weighted by atomic mass is 19.3. The van der Waals surface area contributed by atoms with Crippen LogP contribution in [0, 0.1) is 12.7 Å². The maximum atomic E-state index is 14.3. The zero-order valence-corrected chi connectivity index (χ0v) is 16.1. The fraction of sp³-hybridized carbons (Fsp3) is 0.381. The van der Waals surface area contributed by atoms with Crippen molar-refractivity contribution in [1.29, 1.82) is 0 Å². The Balaban J connectivity index is 1.65. The Hall–Kier alpha value is -2.90. The summed E-state index contributed by atoms with van der Waals surface area (Å²) < 4.78 is 40.2. The van der Waals surface area contributed by atoms with Gasteiger partial charge < -0.3 is 10.2 Å². The molecule has 5 nitrogen and oxygen atoms in total. The molecule has 1 aromatic carbocycles. The van der Waals surface area contributed by atoms with Gasteiger partial charge in [0.2, 0.25) is 0 Å². The third kappa shape index (κ3) is 3.97. The lowest BCUT2D eigenvalue weighted by molar-refractivity contribution is 0.146. The molecule has 0 radical (unpaired) electrons. The van der Waals surface area contributed by atoms with Crippen molar-refractivity contribution in [1.82, 2.24) is 15.2 Å². The van der Waals surface area contributed by atoms with Crippen LogP contribution in [-0.4, -0.2) is 28.3 Å². The van der Waals surface area contributed by atoms with Gasteiger partial charge in [-0.1, -0.05) is 18.2 Å². The molecule has 4 rings (SSSR count). The average Bonchev–Trinajstić information content (AvgIpc) is 2.74. The van der Waals surface area contributed by atoms with Gasteiger partial charge in [0, 0.05) is 30.6 Å². The summed E-state index contributed by atoms with van der Waals surface area (Å²) in [7, 11) is 0. The van der Waals surface area contributed by atoms with Crippen LogP contribution < -0.4 is 10.2 Å². The van der Waals surface area contributed by atoms with Gasteiger partial charge in [0.1, 0.15) is 5.82 Å². The third-order valence-electron chi connectivity index (χ3n) is 5.28. The van der Waals surface area contributed by atoms with Crippen LogP contribution in [0.5, 0.6) is 0 Å². The molecule has 1 N–H and O–H groups in total. The summed E-state index contributed by atoms with van der Waals surface area (Å²) in [6.07, 6.45) is 2.52. The van der Waals surface area contributed by atoms with Gasteiger partial charge in [0.25, 0.3) is 6.43 Å². The van der Waals surface area contributed by atoms with E-state index >= 15 is 0 Å². The van der Waals surface area contributed by atoms with E-state index in [4.69, 9.17) is 0 Å². The minimum Gasteiger partial charge on any atom is -0.370 e. The number of piperidine rings is 1. The summed E-state index contributed by atoms with van der Waals surface area (Å²) >= 11 is 0. The van der Waals surface area contributed by atoms with E-state index in [1.807, 2.05) is 19.2 Å². The Morgan fingerprint density at radius 3 is 2.69 bits per heavy atom. The van der Waals surface area contributed by atoms with Crippen LogP contribution >= 0.6 is 0 Å². The van der Waals surface area contributed by atoms with Gasteiger partial charge in [-0.05, 0) is 32.3 Å². The van der Waals surface area contributed by atoms with E-state index in [9.17, 15) is 13.2 Å². The predicted molar refractivity (Wildman–Crippen MR) is 107 cm³/mol. The number of fused-ring (bicyclic) bond motifs is 1. The van der Waals surface area contributed by atoms with Crippen molar-refractivity contribution in [3.63, 3.8) is 0 Å². The van der Waals surface area contributed by atoms with E-state index in [0.29, 0.717) is 17.0 Å². The fourth-order valence-corrected chi connectivity index (χ4v) is 3.69. The van der Waals surface area contributed by atoms with E-state index < -0.39 is 17.8 Å². The second-order valence-electron chi connectivity index (χ2n) is 7.25. The van der Waals surface area contributed by atoms with Crippen LogP contribution in [0.2, 0.25) is 0 Å². The molecule has 3 heterocycles. The number of pyridine rings is 1. The van der Waals surface area contributed by atoms with Gasteiger partial charge in [-0.3, -0.25) is 4.98 Å². The molecule has 0 amide bonds. The quantitative estimate of drug-likeness (QED) is 0.651. The first kappa shape index (κ1) is 19.4. The van der Waals surface area contributed by atoms with Gasteiger partial charge in [-0.15, -0.1) is 5.10 Å². The highest BCUT2D eigenvalue weighted by Gasteiger charge is 2.18. The molecular formula is C21H22F3N5. The second-order valence-corrected chi connectivity index (χ2v) is 7.25. The highest BCUT2D eigenvalue weighted by Crippen LogP contribution is 2.29. The lowest BCUT2D eigenvalue weighted by atomic mass is 10.1. The zero-order valence-electron chi connectivity index (χ0n) is 16.1. The van der Waals surface area contributed by atoms with Crippen LogP contribution in [0.1, 0.15) is 42.5 Å². The number of benzene rings is 1. The predicted octanol–water partition coefficient (Wildman–Crippen LogP) is 5.01. The van der Waals surface area contributed by atoms with E-state index in [1.54, 1.807) is 0 Å². The number of rotatable bonds is 5. The van der Waals surface area contributed by atoms with Crippen LogP contribution in [-0.2, 0) is 6.54 Å². The molecule has 0 aliphatic carbocycles. The van der Waals surface area contributed by atoms with Gasteiger partial charge in [0.05, 0.1) is 28.7 Å². The van der Waals surface area contributed by atoms with Crippen molar-refractivity contribution in [2.24, 2.45) is 0 Å². The molecule has 152 valence electrons. The average molecular weight is 401 g/mol. The van der Waals surface area contributed by atoms with E-state index in [2.05, 4.69) is 25.4 Å². The summed E-state index contributed by atoms with van der Waals surface area (Å²) in [5.41, 5.74) is 1.97. The maximum Gasteiger partial charge on any atom is 0.266 e. The zero-order chi connectivity index (χ0) is 20.4. The summed E-state index contributed by atoms with van der Waals surface area (Å²) in [5.74, 6) is -0.440. The van der Waals surface area contributed by atoms with E-state index in [1.165, 1.54) is 18.6 Å². The lowest BCUT2D eigenvalue weighted by Crippen LogP contribution is -2.29. The minimum absolute atomic E-state index is 0.0210. The monoisotopic (exact) mass is 401 g/mol. The number of hydrogen-bond donors (Lipinski definition) is 1. The van der Waals surface area contributed by atoms with Gasteiger partial charge >= 0.3 is 0 Å². The summed E-state index contributed by atoms with van der Waals surface area (Å²) in [5, 5.41) is 12.2. The highest BCUT2D eigenvalue weighted by molar-refractivity contribution is 5.92.